The maximum Gasteiger partial charge on any atom is 0.259 e. The van der Waals surface area contributed by atoms with Crippen molar-refractivity contribution in [2.24, 2.45) is 0 Å². The van der Waals surface area contributed by atoms with Gasteiger partial charge >= 0.3 is 0 Å². The first-order valence-electron chi connectivity index (χ1n) is 12.2. The number of aliphatic hydroxyl groups is 1. The number of ether oxygens (including phenoxy) is 1. The number of carbonyl (C=O) groups excluding carboxylic acids is 2. The Morgan fingerprint density at radius 2 is 1.44 bits per heavy atom. The summed E-state index contributed by atoms with van der Waals surface area (Å²) in [7, 11) is 0. The van der Waals surface area contributed by atoms with E-state index in [4.69, 9.17) is 4.74 Å². The van der Waals surface area contributed by atoms with E-state index < -0.39 is 12.3 Å². The van der Waals surface area contributed by atoms with Gasteiger partial charge in [-0.1, -0.05) is 26.0 Å². The predicted molar refractivity (Wildman–Crippen MR) is 132 cm³/mol. The molecule has 1 fully saturated rings. The number of aryl methyl sites for hydroxylation is 2. The van der Waals surface area contributed by atoms with Crippen LogP contribution in [0.5, 0.6) is 0 Å². The summed E-state index contributed by atoms with van der Waals surface area (Å²) in [5.74, 6) is -0.709. The first-order valence-corrected chi connectivity index (χ1v) is 12.2. The fraction of sp³-hybridized carbons (Fsp3) is 0.407. The molecule has 2 amide bonds. The molecular formula is C27H29N3O4. The van der Waals surface area contributed by atoms with Crippen molar-refractivity contribution in [2.45, 2.75) is 71.9 Å². The molecule has 176 valence electrons. The summed E-state index contributed by atoms with van der Waals surface area (Å²) in [4.78, 5) is 26.3. The molecule has 7 heteroatoms. The summed E-state index contributed by atoms with van der Waals surface area (Å²) in [6.45, 7) is 8.17. The number of amides is 2. The number of imide groups is 1. The van der Waals surface area contributed by atoms with Crippen LogP contribution in [0.3, 0.4) is 0 Å². The first-order chi connectivity index (χ1) is 16.4. The first kappa shape index (κ1) is 21.4. The van der Waals surface area contributed by atoms with Crippen LogP contribution in [0.4, 0.5) is 0 Å². The molecule has 0 unspecified atom stereocenters. The Bertz CT molecular complexity index is 1470. The van der Waals surface area contributed by atoms with E-state index >= 15 is 0 Å². The van der Waals surface area contributed by atoms with Crippen LogP contribution in [-0.4, -0.2) is 32.2 Å². The highest BCUT2D eigenvalue weighted by atomic mass is 16.5. The van der Waals surface area contributed by atoms with E-state index in [0.29, 0.717) is 24.0 Å². The second-order valence-corrected chi connectivity index (χ2v) is 9.49. The van der Waals surface area contributed by atoms with E-state index in [1.807, 2.05) is 19.9 Å². The summed E-state index contributed by atoms with van der Waals surface area (Å²) < 4.78 is 10.9. The number of aliphatic hydroxyl groups excluding tert-OH is 1. The van der Waals surface area contributed by atoms with Crippen molar-refractivity contribution in [3.05, 3.63) is 45.8 Å². The lowest BCUT2D eigenvalue weighted by atomic mass is 9.95. The zero-order chi connectivity index (χ0) is 23.9. The summed E-state index contributed by atoms with van der Waals surface area (Å²) in [6.07, 6.45) is 9.81. The van der Waals surface area contributed by atoms with E-state index in [1.54, 1.807) is 0 Å². The van der Waals surface area contributed by atoms with Gasteiger partial charge in [-0.3, -0.25) is 14.9 Å². The van der Waals surface area contributed by atoms with Crippen molar-refractivity contribution in [1.29, 1.82) is 0 Å². The number of hydrogen-bond acceptors (Lipinski definition) is 4. The molecule has 2 bridgehead atoms. The number of carbonyl (C=O) groups is 2. The molecule has 2 aromatic heterocycles. The van der Waals surface area contributed by atoms with Gasteiger partial charge < -0.3 is 19.0 Å². The van der Waals surface area contributed by atoms with Crippen LogP contribution in [0.25, 0.3) is 34.0 Å². The highest BCUT2D eigenvalue weighted by Crippen LogP contribution is 2.50. The largest absolute Gasteiger partial charge is 0.388 e. The average Bonchev–Trinajstić information content (AvgIpc) is 3.35. The van der Waals surface area contributed by atoms with Crippen molar-refractivity contribution < 1.29 is 19.4 Å². The highest BCUT2D eigenvalue weighted by Gasteiger charge is 2.43. The van der Waals surface area contributed by atoms with Crippen LogP contribution in [0.1, 0.15) is 95.2 Å². The fourth-order valence-corrected chi connectivity index (χ4v) is 6.10. The summed E-state index contributed by atoms with van der Waals surface area (Å²) in [5.41, 5.74) is 6.43. The second kappa shape index (κ2) is 7.42. The van der Waals surface area contributed by atoms with Crippen molar-refractivity contribution in [2.75, 3.05) is 0 Å². The number of hydrogen-bond donors (Lipinski definition) is 2. The zero-order valence-electron chi connectivity index (χ0n) is 19.9. The maximum absolute atomic E-state index is 13.1. The summed E-state index contributed by atoms with van der Waals surface area (Å²) in [5, 5.41) is 15.2. The van der Waals surface area contributed by atoms with E-state index in [9.17, 15) is 14.7 Å². The molecule has 1 saturated heterocycles. The van der Waals surface area contributed by atoms with Crippen molar-refractivity contribution in [1.82, 2.24) is 14.5 Å². The van der Waals surface area contributed by atoms with Crippen molar-refractivity contribution >= 4 is 45.8 Å². The topological polar surface area (TPSA) is 85.5 Å². The molecule has 3 aromatic rings. The molecule has 0 radical (unpaired) electrons. The molecule has 5 heterocycles. The normalized spacial score (nSPS) is 23.7. The number of aromatic nitrogens is 2. The molecule has 0 aliphatic carbocycles. The monoisotopic (exact) mass is 459 g/mol. The van der Waals surface area contributed by atoms with Gasteiger partial charge in [0, 0.05) is 22.2 Å². The minimum atomic E-state index is -0.667. The number of rotatable bonds is 4. The van der Waals surface area contributed by atoms with Crippen LogP contribution in [0, 0.1) is 13.8 Å². The Kier molecular flexibility index (Phi) is 4.66. The fourth-order valence-electron chi connectivity index (χ4n) is 6.10. The van der Waals surface area contributed by atoms with Gasteiger partial charge in [-0.15, -0.1) is 0 Å². The standard InChI is InChI=1S/C27H29N3O4/c1-5-7-9-15-13(3)19-21-22(26(33)28-25(21)32)20-14(4)16(10-8-6-2)30-24(20)23(19)29(15)18-12-11-17(31)27(30)34-18/h7-10,17-18,27,31H,5-6,11-12H2,1-4H3,(H,28,32,33)/b9-7-,10-8-/t17-,18-,27+/m1/s1. The van der Waals surface area contributed by atoms with Gasteiger partial charge in [-0.25, -0.2) is 0 Å². The molecule has 3 atom stereocenters. The molecule has 7 nitrogen and oxygen atoms in total. The van der Waals surface area contributed by atoms with Crippen LogP contribution in [0.15, 0.2) is 12.2 Å². The van der Waals surface area contributed by atoms with Gasteiger partial charge in [0.1, 0.15) is 6.23 Å². The highest BCUT2D eigenvalue weighted by molar-refractivity contribution is 6.34. The van der Waals surface area contributed by atoms with Gasteiger partial charge in [-0.2, -0.15) is 0 Å². The van der Waals surface area contributed by atoms with Crippen LogP contribution in [-0.2, 0) is 4.74 Å². The summed E-state index contributed by atoms with van der Waals surface area (Å²) >= 11 is 0. The molecular weight excluding hydrogens is 430 g/mol. The van der Waals surface area contributed by atoms with Gasteiger partial charge in [0.25, 0.3) is 11.8 Å². The van der Waals surface area contributed by atoms with Crippen LogP contribution < -0.4 is 5.32 Å². The van der Waals surface area contributed by atoms with E-state index in [1.165, 1.54) is 0 Å². The maximum atomic E-state index is 13.1. The number of benzene rings is 1. The van der Waals surface area contributed by atoms with E-state index in [2.05, 4.69) is 46.5 Å². The Hall–Kier alpha value is -3.16. The third-order valence-electron chi connectivity index (χ3n) is 7.55. The molecule has 3 aliphatic rings. The summed E-state index contributed by atoms with van der Waals surface area (Å²) in [6, 6.07) is 0. The second-order valence-electron chi connectivity index (χ2n) is 9.49. The van der Waals surface area contributed by atoms with Gasteiger partial charge in [0.2, 0.25) is 0 Å². The SMILES string of the molecule is CC/C=C\c1c(C)c2c3c(c4c(C)c(/C=C\CC)n5c4c2n1[C@H]1CC[C@@H](O)[C@@H]5O1)C(=O)NC3=O. The Morgan fingerprint density at radius 3 is 2.00 bits per heavy atom. The lowest BCUT2D eigenvalue weighted by Gasteiger charge is -2.35. The van der Waals surface area contributed by atoms with E-state index in [-0.39, 0.29) is 18.0 Å². The quantitative estimate of drug-likeness (QED) is 0.530. The molecule has 6 rings (SSSR count). The predicted octanol–water partition coefficient (Wildman–Crippen LogP) is 5.12. The van der Waals surface area contributed by atoms with Gasteiger partial charge in [0.15, 0.2) is 6.23 Å². The zero-order valence-corrected chi connectivity index (χ0v) is 19.9. The van der Waals surface area contributed by atoms with E-state index in [0.717, 1.165) is 57.2 Å². The molecule has 3 aliphatic heterocycles. The Balaban J connectivity index is 1.92. The molecule has 0 spiro atoms. The Labute approximate surface area is 197 Å². The number of fused-ring (bicyclic) bond motifs is 7. The Morgan fingerprint density at radius 1 is 0.912 bits per heavy atom. The van der Waals surface area contributed by atoms with Crippen molar-refractivity contribution in [3.63, 3.8) is 0 Å². The van der Waals surface area contributed by atoms with Crippen molar-refractivity contribution in [3.8, 4) is 0 Å². The molecule has 1 aromatic carbocycles. The molecule has 2 N–H and O–H groups in total. The number of nitrogens with zero attached hydrogens (tertiary/aromatic N) is 2. The average molecular weight is 460 g/mol. The van der Waals surface area contributed by atoms with Crippen LogP contribution in [0.2, 0.25) is 0 Å². The minimum Gasteiger partial charge on any atom is -0.388 e. The smallest absolute Gasteiger partial charge is 0.259 e. The van der Waals surface area contributed by atoms with Crippen LogP contribution >= 0.6 is 0 Å². The number of nitrogens with one attached hydrogen (secondary N) is 1. The lowest BCUT2D eigenvalue weighted by Crippen LogP contribution is -2.34. The third kappa shape index (κ3) is 2.54. The van der Waals surface area contributed by atoms with Gasteiger partial charge in [-0.05, 0) is 62.8 Å². The molecule has 34 heavy (non-hydrogen) atoms. The lowest BCUT2D eigenvalue weighted by molar-refractivity contribution is -0.175. The number of allylic oxidation sites excluding steroid dienone is 2. The third-order valence-corrected chi connectivity index (χ3v) is 7.55. The van der Waals surface area contributed by atoms with Gasteiger partial charge in [0.05, 0.1) is 28.3 Å². The minimum absolute atomic E-state index is 0.272. The molecule has 0 saturated carbocycles.